The third-order valence-electron chi connectivity index (χ3n) is 3.55. The standard InChI is InChI=1S/C16H16N2O2/c1-11(13-7-4-3-5-8-13)18-14-9-6-10-17-15(14)20-12(2)16(18)19/h3-12H,1-2H3/t11-,12-/m0/s1. The van der Waals surface area contributed by atoms with Crippen LogP contribution in [0.25, 0.3) is 0 Å². The van der Waals surface area contributed by atoms with Gasteiger partial charge >= 0.3 is 0 Å². The van der Waals surface area contributed by atoms with Crippen molar-refractivity contribution < 1.29 is 9.53 Å². The molecule has 2 atom stereocenters. The zero-order valence-electron chi connectivity index (χ0n) is 11.5. The van der Waals surface area contributed by atoms with E-state index in [2.05, 4.69) is 4.98 Å². The number of carbonyl (C=O) groups is 1. The van der Waals surface area contributed by atoms with Gasteiger partial charge in [0.1, 0.15) is 5.69 Å². The van der Waals surface area contributed by atoms with Crippen molar-refractivity contribution in [2.75, 3.05) is 4.90 Å². The summed E-state index contributed by atoms with van der Waals surface area (Å²) in [6, 6.07) is 13.6. The maximum absolute atomic E-state index is 12.5. The van der Waals surface area contributed by atoms with Crippen molar-refractivity contribution in [3.05, 3.63) is 54.2 Å². The molecular formula is C16H16N2O2. The zero-order chi connectivity index (χ0) is 14.1. The third kappa shape index (κ3) is 2.03. The maximum atomic E-state index is 12.5. The van der Waals surface area contributed by atoms with Crippen LogP contribution in [0.2, 0.25) is 0 Å². The molecule has 0 aliphatic carbocycles. The summed E-state index contributed by atoms with van der Waals surface area (Å²) in [4.78, 5) is 18.5. The van der Waals surface area contributed by atoms with E-state index < -0.39 is 6.10 Å². The van der Waals surface area contributed by atoms with Gasteiger partial charge in [-0.25, -0.2) is 4.98 Å². The van der Waals surface area contributed by atoms with Crippen molar-refractivity contribution in [3.63, 3.8) is 0 Å². The number of anilines is 1. The Bertz CT molecular complexity index is 627. The molecule has 20 heavy (non-hydrogen) atoms. The predicted octanol–water partition coefficient (Wildman–Crippen LogP) is 2.96. The highest BCUT2D eigenvalue weighted by molar-refractivity contribution is 5.99. The summed E-state index contributed by atoms with van der Waals surface area (Å²) in [7, 11) is 0. The van der Waals surface area contributed by atoms with Crippen molar-refractivity contribution >= 4 is 11.6 Å². The van der Waals surface area contributed by atoms with E-state index in [9.17, 15) is 4.79 Å². The van der Waals surface area contributed by atoms with E-state index in [-0.39, 0.29) is 11.9 Å². The Morgan fingerprint density at radius 2 is 1.95 bits per heavy atom. The van der Waals surface area contributed by atoms with Crippen molar-refractivity contribution in [1.82, 2.24) is 4.98 Å². The first kappa shape index (κ1) is 12.7. The summed E-state index contributed by atoms with van der Waals surface area (Å²) in [5.74, 6) is 0.476. The Morgan fingerprint density at radius 3 is 2.70 bits per heavy atom. The number of nitrogens with zero attached hydrogens (tertiary/aromatic N) is 2. The highest BCUT2D eigenvalue weighted by atomic mass is 16.5. The average Bonchev–Trinajstić information content (AvgIpc) is 2.49. The van der Waals surface area contributed by atoms with Crippen LogP contribution in [0.1, 0.15) is 25.5 Å². The molecule has 0 bridgehead atoms. The van der Waals surface area contributed by atoms with E-state index in [1.54, 1.807) is 18.0 Å². The molecule has 1 amide bonds. The number of aromatic nitrogens is 1. The van der Waals surface area contributed by atoms with Crippen molar-refractivity contribution in [1.29, 1.82) is 0 Å². The van der Waals surface area contributed by atoms with Gasteiger partial charge < -0.3 is 4.74 Å². The normalized spacial score (nSPS) is 19.2. The van der Waals surface area contributed by atoms with Crippen LogP contribution in [-0.2, 0) is 4.79 Å². The lowest BCUT2D eigenvalue weighted by molar-refractivity contribution is -0.126. The monoisotopic (exact) mass is 268 g/mol. The van der Waals surface area contributed by atoms with E-state index >= 15 is 0 Å². The summed E-state index contributed by atoms with van der Waals surface area (Å²) in [5.41, 5.74) is 1.82. The molecule has 0 radical (unpaired) electrons. The fourth-order valence-electron chi connectivity index (χ4n) is 2.47. The molecule has 0 spiro atoms. The minimum absolute atomic E-state index is 0.0400. The Kier molecular flexibility index (Phi) is 3.14. The average molecular weight is 268 g/mol. The number of hydrogen-bond donors (Lipinski definition) is 0. The molecule has 1 aromatic carbocycles. The molecule has 4 heteroatoms. The number of ether oxygens (including phenoxy) is 1. The molecule has 4 nitrogen and oxygen atoms in total. The molecule has 1 aliphatic rings. The first-order valence-electron chi connectivity index (χ1n) is 6.68. The number of pyridine rings is 1. The molecule has 1 aliphatic heterocycles. The lowest BCUT2D eigenvalue weighted by atomic mass is 10.0. The number of amides is 1. The van der Waals surface area contributed by atoms with Gasteiger partial charge in [0.05, 0.1) is 6.04 Å². The van der Waals surface area contributed by atoms with Crippen LogP contribution >= 0.6 is 0 Å². The Morgan fingerprint density at radius 1 is 1.20 bits per heavy atom. The first-order valence-corrected chi connectivity index (χ1v) is 6.68. The molecule has 102 valence electrons. The Hall–Kier alpha value is -2.36. The summed E-state index contributed by atoms with van der Waals surface area (Å²) in [6.07, 6.45) is 1.16. The van der Waals surface area contributed by atoms with Crippen LogP contribution in [0, 0.1) is 0 Å². The smallest absolute Gasteiger partial charge is 0.268 e. The van der Waals surface area contributed by atoms with E-state index in [1.807, 2.05) is 49.4 Å². The van der Waals surface area contributed by atoms with Crippen LogP contribution in [0.5, 0.6) is 5.88 Å². The fourth-order valence-corrected chi connectivity index (χ4v) is 2.47. The molecule has 0 N–H and O–H groups in total. The first-order chi connectivity index (χ1) is 9.68. The highest BCUT2D eigenvalue weighted by Gasteiger charge is 2.35. The zero-order valence-corrected chi connectivity index (χ0v) is 11.5. The summed E-state index contributed by atoms with van der Waals surface area (Å²) in [5, 5.41) is 0. The molecule has 0 saturated carbocycles. The van der Waals surface area contributed by atoms with Crippen molar-refractivity contribution in [3.8, 4) is 5.88 Å². The van der Waals surface area contributed by atoms with Gasteiger partial charge in [-0.2, -0.15) is 0 Å². The lowest BCUT2D eigenvalue weighted by Gasteiger charge is -2.36. The number of carbonyl (C=O) groups excluding carboxylic acids is 1. The summed E-state index contributed by atoms with van der Waals surface area (Å²) >= 11 is 0. The SMILES string of the molecule is C[C@@H]1Oc2ncccc2N([C@@H](C)c2ccccc2)C1=O. The van der Waals surface area contributed by atoms with Crippen LogP contribution < -0.4 is 9.64 Å². The van der Waals surface area contributed by atoms with Crippen LogP contribution in [-0.4, -0.2) is 17.0 Å². The quantitative estimate of drug-likeness (QED) is 0.841. The number of rotatable bonds is 2. The van der Waals surface area contributed by atoms with Gasteiger partial charge in [-0.1, -0.05) is 30.3 Å². The van der Waals surface area contributed by atoms with Gasteiger partial charge in [-0.05, 0) is 31.5 Å². The van der Waals surface area contributed by atoms with Gasteiger partial charge in [0, 0.05) is 6.20 Å². The van der Waals surface area contributed by atoms with Gasteiger partial charge in [-0.15, -0.1) is 0 Å². The topological polar surface area (TPSA) is 42.4 Å². The predicted molar refractivity (Wildman–Crippen MR) is 76.7 cm³/mol. The molecule has 2 aromatic rings. The van der Waals surface area contributed by atoms with E-state index in [0.717, 1.165) is 11.3 Å². The van der Waals surface area contributed by atoms with E-state index in [1.165, 1.54) is 0 Å². The van der Waals surface area contributed by atoms with Crippen molar-refractivity contribution in [2.24, 2.45) is 0 Å². The van der Waals surface area contributed by atoms with E-state index in [4.69, 9.17) is 4.74 Å². The van der Waals surface area contributed by atoms with Crippen LogP contribution in [0.15, 0.2) is 48.7 Å². The summed E-state index contributed by atoms with van der Waals surface area (Å²) in [6.45, 7) is 3.77. The lowest BCUT2D eigenvalue weighted by Crippen LogP contribution is -2.45. The maximum Gasteiger partial charge on any atom is 0.268 e. The largest absolute Gasteiger partial charge is 0.463 e. The molecule has 0 unspecified atom stereocenters. The number of hydrogen-bond acceptors (Lipinski definition) is 3. The number of benzene rings is 1. The molecule has 2 heterocycles. The second-order valence-corrected chi connectivity index (χ2v) is 4.88. The fraction of sp³-hybridized carbons (Fsp3) is 0.250. The minimum Gasteiger partial charge on any atom is -0.463 e. The van der Waals surface area contributed by atoms with Gasteiger partial charge in [0.15, 0.2) is 6.10 Å². The highest BCUT2D eigenvalue weighted by Crippen LogP contribution is 2.37. The molecule has 1 aromatic heterocycles. The van der Waals surface area contributed by atoms with Gasteiger partial charge in [0.2, 0.25) is 5.88 Å². The Balaban J connectivity index is 2.05. The number of fused-ring (bicyclic) bond motifs is 1. The van der Waals surface area contributed by atoms with Gasteiger partial charge in [0.25, 0.3) is 5.91 Å². The third-order valence-corrected chi connectivity index (χ3v) is 3.55. The summed E-state index contributed by atoms with van der Waals surface area (Å²) < 4.78 is 5.56. The molecule has 0 saturated heterocycles. The molecular weight excluding hydrogens is 252 g/mol. The second kappa shape index (κ2) is 4.96. The van der Waals surface area contributed by atoms with Crippen molar-refractivity contribution in [2.45, 2.75) is 26.0 Å². The second-order valence-electron chi connectivity index (χ2n) is 4.88. The van der Waals surface area contributed by atoms with E-state index in [0.29, 0.717) is 5.88 Å². The van der Waals surface area contributed by atoms with Crippen LogP contribution in [0.4, 0.5) is 5.69 Å². The molecule has 3 rings (SSSR count). The Labute approximate surface area is 118 Å². The van der Waals surface area contributed by atoms with Crippen LogP contribution in [0.3, 0.4) is 0 Å². The molecule has 0 fully saturated rings. The minimum atomic E-state index is -0.511. The van der Waals surface area contributed by atoms with Gasteiger partial charge in [-0.3, -0.25) is 9.69 Å².